The minimum absolute atomic E-state index is 0.0357. The number of nitrogens with one attached hydrogen (secondary N) is 1. The number of hydrogen-bond acceptors (Lipinski definition) is 7. The van der Waals surface area contributed by atoms with Crippen LogP contribution in [0.1, 0.15) is 23.9 Å². The summed E-state index contributed by atoms with van der Waals surface area (Å²) in [6.07, 6.45) is 1.57. The number of hydrogen-bond donors (Lipinski definition) is 1. The van der Waals surface area contributed by atoms with Crippen molar-refractivity contribution in [3.8, 4) is 11.6 Å². The monoisotopic (exact) mass is 277 g/mol. The van der Waals surface area contributed by atoms with Crippen LogP contribution in [0.4, 0.5) is 0 Å². The zero-order valence-corrected chi connectivity index (χ0v) is 11.1. The molecule has 0 spiro atoms. The Kier molecular flexibility index (Phi) is 3.08. The van der Waals surface area contributed by atoms with Crippen molar-refractivity contribution in [3.05, 3.63) is 30.1 Å². The van der Waals surface area contributed by atoms with E-state index in [-0.39, 0.29) is 5.25 Å². The zero-order chi connectivity index (χ0) is 13.2. The summed E-state index contributed by atoms with van der Waals surface area (Å²) < 4.78 is 10.4. The van der Waals surface area contributed by atoms with Gasteiger partial charge in [0.15, 0.2) is 5.76 Å². The van der Waals surface area contributed by atoms with Gasteiger partial charge in [0.2, 0.25) is 16.9 Å². The van der Waals surface area contributed by atoms with E-state index in [4.69, 9.17) is 8.94 Å². The van der Waals surface area contributed by atoms with Gasteiger partial charge in [-0.15, -0.1) is 5.10 Å². The van der Waals surface area contributed by atoms with Gasteiger partial charge in [-0.3, -0.25) is 5.10 Å². The van der Waals surface area contributed by atoms with E-state index in [0.717, 1.165) is 5.82 Å². The second kappa shape index (κ2) is 4.88. The average molecular weight is 277 g/mol. The Balaban J connectivity index is 1.75. The lowest BCUT2D eigenvalue weighted by Crippen LogP contribution is -1.90. The third-order valence-electron chi connectivity index (χ3n) is 2.39. The van der Waals surface area contributed by atoms with Gasteiger partial charge in [-0.1, -0.05) is 16.9 Å². The molecule has 0 aliphatic rings. The number of nitrogens with zero attached hydrogens (tertiary/aromatic N) is 4. The van der Waals surface area contributed by atoms with Gasteiger partial charge in [-0.25, -0.2) is 4.98 Å². The first-order valence-electron chi connectivity index (χ1n) is 5.65. The molecule has 8 heteroatoms. The van der Waals surface area contributed by atoms with Crippen LogP contribution >= 0.6 is 11.8 Å². The molecule has 0 saturated carbocycles. The Hall–Kier alpha value is -2.09. The Bertz CT molecular complexity index is 660. The average Bonchev–Trinajstić information content (AvgIpc) is 3.08. The molecule has 98 valence electrons. The summed E-state index contributed by atoms with van der Waals surface area (Å²) in [4.78, 5) is 8.52. The molecule has 3 aromatic rings. The lowest BCUT2D eigenvalue weighted by atomic mass is 10.4. The van der Waals surface area contributed by atoms with Gasteiger partial charge in [0.1, 0.15) is 5.82 Å². The smallest absolute Gasteiger partial charge is 0.240 e. The minimum Gasteiger partial charge on any atom is -0.461 e. The van der Waals surface area contributed by atoms with Gasteiger partial charge in [0.25, 0.3) is 0 Å². The highest BCUT2D eigenvalue weighted by atomic mass is 32.2. The van der Waals surface area contributed by atoms with Gasteiger partial charge >= 0.3 is 0 Å². The van der Waals surface area contributed by atoms with Crippen molar-refractivity contribution in [2.75, 3.05) is 0 Å². The van der Waals surface area contributed by atoms with Crippen molar-refractivity contribution in [1.29, 1.82) is 0 Å². The van der Waals surface area contributed by atoms with E-state index in [1.165, 1.54) is 11.8 Å². The molecule has 0 bridgehead atoms. The molecule has 0 aliphatic heterocycles. The van der Waals surface area contributed by atoms with Crippen LogP contribution in [0, 0.1) is 6.92 Å². The molecule has 1 N–H and O–H groups in total. The first-order valence-corrected chi connectivity index (χ1v) is 6.53. The Labute approximate surface area is 112 Å². The summed E-state index contributed by atoms with van der Waals surface area (Å²) in [5.41, 5.74) is 0. The fourth-order valence-electron chi connectivity index (χ4n) is 1.49. The molecule has 0 amide bonds. The highest BCUT2D eigenvalue weighted by Gasteiger charge is 2.19. The highest BCUT2D eigenvalue weighted by molar-refractivity contribution is 7.99. The van der Waals surface area contributed by atoms with E-state index in [9.17, 15) is 0 Å². The van der Waals surface area contributed by atoms with Crippen LogP contribution in [0.15, 0.2) is 32.5 Å². The second-order valence-corrected chi connectivity index (χ2v) is 5.20. The van der Waals surface area contributed by atoms with Gasteiger partial charge in [0, 0.05) is 0 Å². The molecule has 1 unspecified atom stereocenters. The van der Waals surface area contributed by atoms with Crippen molar-refractivity contribution in [1.82, 2.24) is 25.3 Å². The maximum Gasteiger partial charge on any atom is 0.240 e. The number of aryl methyl sites for hydroxylation is 1. The molecule has 0 aliphatic carbocycles. The molecule has 3 aromatic heterocycles. The van der Waals surface area contributed by atoms with Gasteiger partial charge in [0.05, 0.1) is 11.5 Å². The number of thioether (sulfide) groups is 1. The van der Waals surface area contributed by atoms with Crippen LogP contribution in [0.25, 0.3) is 11.6 Å². The maximum atomic E-state index is 5.22. The molecular formula is C11H11N5O2S. The normalized spacial score (nSPS) is 12.7. The molecule has 3 rings (SSSR count). The van der Waals surface area contributed by atoms with E-state index in [1.54, 1.807) is 18.4 Å². The third kappa shape index (κ3) is 2.53. The van der Waals surface area contributed by atoms with Crippen molar-refractivity contribution in [2.24, 2.45) is 0 Å². The third-order valence-corrected chi connectivity index (χ3v) is 3.34. The first kappa shape index (κ1) is 12.0. The predicted octanol–water partition coefficient (Wildman–Crippen LogP) is 2.61. The Morgan fingerprint density at radius 1 is 1.37 bits per heavy atom. The summed E-state index contributed by atoms with van der Waals surface area (Å²) >= 11 is 1.45. The number of rotatable bonds is 4. The highest BCUT2D eigenvalue weighted by Crippen LogP contribution is 2.32. The van der Waals surface area contributed by atoms with E-state index in [0.29, 0.717) is 22.6 Å². The van der Waals surface area contributed by atoms with E-state index in [2.05, 4.69) is 25.3 Å². The zero-order valence-electron chi connectivity index (χ0n) is 10.3. The number of aromatic nitrogens is 5. The molecule has 0 fully saturated rings. The number of furan rings is 1. The van der Waals surface area contributed by atoms with Crippen molar-refractivity contribution >= 4 is 11.8 Å². The molecule has 0 saturated heterocycles. The van der Waals surface area contributed by atoms with Crippen molar-refractivity contribution in [3.63, 3.8) is 0 Å². The lowest BCUT2D eigenvalue weighted by molar-refractivity contribution is 0.379. The summed E-state index contributed by atoms with van der Waals surface area (Å²) in [7, 11) is 0. The van der Waals surface area contributed by atoms with Crippen LogP contribution in [-0.4, -0.2) is 25.3 Å². The fraction of sp³-hybridized carbons (Fsp3) is 0.273. The Morgan fingerprint density at radius 2 is 2.26 bits per heavy atom. The Morgan fingerprint density at radius 3 is 2.95 bits per heavy atom. The van der Waals surface area contributed by atoms with Crippen LogP contribution in [-0.2, 0) is 0 Å². The van der Waals surface area contributed by atoms with Crippen LogP contribution < -0.4 is 0 Å². The topological polar surface area (TPSA) is 93.6 Å². The van der Waals surface area contributed by atoms with Crippen LogP contribution in [0.3, 0.4) is 0 Å². The summed E-state index contributed by atoms with van der Waals surface area (Å²) in [5.74, 6) is 2.31. The summed E-state index contributed by atoms with van der Waals surface area (Å²) in [6.45, 7) is 3.80. The molecular weight excluding hydrogens is 266 g/mol. The SMILES string of the molecule is Cc1nc(SC(C)c2nc(-c3ccco3)no2)n[nH]1. The van der Waals surface area contributed by atoms with Gasteiger partial charge in [-0.05, 0) is 26.0 Å². The number of H-pyrrole nitrogens is 1. The minimum atomic E-state index is -0.0357. The molecule has 7 nitrogen and oxygen atoms in total. The molecule has 0 aromatic carbocycles. The van der Waals surface area contributed by atoms with Crippen LogP contribution in [0.2, 0.25) is 0 Å². The van der Waals surface area contributed by atoms with Crippen molar-refractivity contribution < 1.29 is 8.94 Å². The molecule has 19 heavy (non-hydrogen) atoms. The quantitative estimate of drug-likeness (QED) is 0.732. The number of aromatic amines is 1. The summed E-state index contributed by atoms with van der Waals surface area (Å²) in [6, 6.07) is 3.56. The second-order valence-electron chi connectivity index (χ2n) is 3.90. The molecule has 0 radical (unpaired) electrons. The largest absolute Gasteiger partial charge is 0.461 e. The first-order chi connectivity index (χ1) is 9.22. The molecule has 3 heterocycles. The predicted molar refractivity (Wildman–Crippen MR) is 67.4 cm³/mol. The van der Waals surface area contributed by atoms with E-state index in [1.807, 2.05) is 13.8 Å². The van der Waals surface area contributed by atoms with E-state index < -0.39 is 0 Å². The maximum absolute atomic E-state index is 5.22. The standard InChI is InChI=1S/C11H11N5O2S/c1-6(19-11-12-7(2)14-15-11)10-13-9(16-18-10)8-4-3-5-17-8/h3-6H,1-2H3,(H,12,14,15). The fourth-order valence-corrected chi connectivity index (χ4v) is 2.29. The summed E-state index contributed by atoms with van der Waals surface area (Å²) in [5, 5.41) is 11.4. The van der Waals surface area contributed by atoms with Crippen molar-refractivity contribution in [2.45, 2.75) is 24.3 Å². The van der Waals surface area contributed by atoms with Gasteiger partial charge < -0.3 is 8.94 Å². The lowest BCUT2D eigenvalue weighted by Gasteiger charge is -2.00. The van der Waals surface area contributed by atoms with Crippen LogP contribution in [0.5, 0.6) is 0 Å². The van der Waals surface area contributed by atoms with Gasteiger partial charge in [-0.2, -0.15) is 4.98 Å². The molecule has 1 atom stereocenters. The van der Waals surface area contributed by atoms with E-state index >= 15 is 0 Å².